The normalized spacial score (nSPS) is 46.3. The molecule has 0 heterocycles. The molecule has 0 bridgehead atoms. The fourth-order valence-electron chi connectivity index (χ4n) is 7.74. The van der Waals surface area contributed by atoms with Crippen LogP contribution in [-0.4, -0.2) is 48.2 Å². The molecule has 7 heteroatoms. The van der Waals surface area contributed by atoms with Crippen LogP contribution in [0.3, 0.4) is 0 Å². The van der Waals surface area contributed by atoms with Gasteiger partial charge in [0.15, 0.2) is 0 Å². The average Bonchev–Trinajstić information content (AvgIpc) is 2.76. The van der Waals surface area contributed by atoms with Crippen LogP contribution in [0.5, 0.6) is 0 Å². The lowest BCUT2D eigenvalue weighted by molar-refractivity contribution is -0.0635. The third-order valence-electron chi connectivity index (χ3n) is 9.77. The Bertz CT molecular complexity index is 544. The van der Waals surface area contributed by atoms with E-state index in [1.54, 1.807) is 7.11 Å². The zero-order valence-electron chi connectivity index (χ0n) is 20.6. The zero-order valence-corrected chi connectivity index (χ0v) is 20.6. The summed E-state index contributed by atoms with van der Waals surface area (Å²) >= 11 is 0. The van der Waals surface area contributed by atoms with Crippen LogP contribution in [0.15, 0.2) is 0 Å². The van der Waals surface area contributed by atoms with Crippen LogP contribution >= 0.6 is 0 Å². The zero-order chi connectivity index (χ0) is 21.3. The molecule has 0 aromatic heterocycles. The number of halogens is 3. The Morgan fingerprint density at radius 1 is 0.576 bits per heavy atom. The molecule has 7 unspecified atom stereocenters. The Balaban J connectivity index is 0.00000272. The lowest BCUT2D eigenvalue weighted by Crippen LogP contribution is -2.46. The molecule has 0 saturated heterocycles. The van der Waals surface area contributed by atoms with Crippen molar-refractivity contribution < 1.29 is 35.8 Å². The highest BCUT2D eigenvalue weighted by atomic mass is 19.2. The molecule has 4 aliphatic carbocycles. The van der Waals surface area contributed by atoms with Crippen LogP contribution in [0.25, 0.3) is 0 Å². The van der Waals surface area contributed by atoms with E-state index in [2.05, 4.69) is 6.92 Å². The third kappa shape index (κ3) is 6.86. The molecular formula is C26H51F3O4. The monoisotopic (exact) mass is 484 g/mol. The molecule has 0 aliphatic heterocycles. The molecule has 0 spiro atoms. The first-order valence-corrected chi connectivity index (χ1v) is 12.9. The van der Waals surface area contributed by atoms with Gasteiger partial charge in [-0.15, -0.1) is 0 Å². The summed E-state index contributed by atoms with van der Waals surface area (Å²) in [5.41, 5.74) is 0. The number of alkyl halides is 3. The maximum atomic E-state index is 15.3. The van der Waals surface area contributed by atoms with Crippen LogP contribution in [0.4, 0.5) is 13.2 Å². The molecule has 7 atom stereocenters. The fraction of sp³-hybridized carbons (Fsp3) is 1.00. The predicted octanol–water partition coefficient (Wildman–Crippen LogP) is 5.25. The van der Waals surface area contributed by atoms with Gasteiger partial charge in [-0.1, -0.05) is 19.8 Å². The third-order valence-corrected chi connectivity index (χ3v) is 9.77. The van der Waals surface area contributed by atoms with Crippen molar-refractivity contribution in [3.05, 3.63) is 0 Å². The van der Waals surface area contributed by atoms with Gasteiger partial charge in [0.1, 0.15) is 18.5 Å². The summed E-state index contributed by atoms with van der Waals surface area (Å²) in [6, 6.07) is 0. The highest BCUT2D eigenvalue weighted by Gasteiger charge is 2.48. The Morgan fingerprint density at radius 3 is 1.48 bits per heavy atom. The second kappa shape index (κ2) is 13.6. The average molecular weight is 485 g/mol. The number of hydrogen-bond acceptors (Lipinski definition) is 1. The maximum absolute atomic E-state index is 15.3. The fourth-order valence-corrected chi connectivity index (χ4v) is 7.74. The quantitative estimate of drug-likeness (QED) is 0.534. The first-order chi connectivity index (χ1) is 14.5. The summed E-state index contributed by atoms with van der Waals surface area (Å²) in [5.74, 6) is 2.51. The minimum atomic E-state index is -1.40. The summed E-state index contributed by atoms with van der Waals surface area (Å²) in [6.45, 7) is 2.37. The Morgan fingerprint density at radius 2 is 1.00 bits per heavy atom. The van der Waals surface area contributed by atoms with Crippen molar-refractivity contribution >= 4 is 0 Å². The minimum Gasteiger partial charge on any atom is -0.412 e. The molecule has 4 nitrogen and oxygen atoms in total. The van der Waals surface area contributed by atoms with Gasteiger partial charge in [-0.3, -0.25) is 0 Å². The van der Waals surface area contributed by atoms with E-state index in [4.69, 9.17) is 4.74 Å². The van der Waals surface area contributed by atoms with E-state index in [0.717, 1.165) is 49.9 Å². The van der Waals surface area contributed by atoms with E-state index in [9.17, 15) is 4.39 Å². The summed E-state index contributed by atoms with van der Waals surface area (Å²) < 4.78 is 50.0. The first-order valence-electron chi connectivity index (χ1n) is 12.9. The molecule has 33 heavy (non-hydrogen) atoms. The molecule has 0 radical (unpaired) electrons. The molecule has 0 aromatic rings. The summed E-state index contributed by atoms with van der Waals surface area (Å²) in [6.07, 6.45) is 9.24. The summed E-state index contributed by atoms with van der Waals surface area (Å²) in [7, 11) is 1.54. The van der Waals surface area contributed by atoms with Crippen molar-refractivity contribution in [3.8, 4) is 0 Å². The molecule has 200 valence electrons. The van der Waals surface area contributed by atoms with E-state index in [-0.39, 0.29) is 41.7 Å². The Labute approximate surface area is 199 Å². The number of rotatable bonds is 4. The van der Waals surface area contributed by atoms with Gasteiger partial charge in [0.2, 0.25) is 0 Å². The summed E-state index contributed by atoms with van der Waals surface area (Å²) in [5, 5.41) is 0. The van der Waals surface area contributed by atoms with Gasteiger partial charge in [-0.25, -0.2) is 13.2 Å². The second-order valence-electron chi connectivity index (χ2n) is 11.4. The van der Waals surface area contributed by atoms with Gasteiger partial charge >= 0.3 is 0 Å². The molecule has 4 saturated carbocycles. The van der Waals surface area contributed by atoms with E-state index in [0.29, 0.717) is 18.8 Å². The van der Waals surface area contributed by atoms with Gasteiger partial charge < -0.3 is 21.2 Å². The maximum Gasteiger partial charge on any atom is 0.134 e. The van der Waals surface area contributed by atoms with Gasteiger partial charge in [0, 0.05) is 8.54 Å². The van der Waals surface area contributed by atoms with Crippen LogP contribution in [-0.2, 0) is 4.74 Å². The smallest absolute Gasteiger partial charge is 0.134 e. The molecule has 0 amide bonds. The van der Waals surface area contributed by atoms with Crippen LogP contribution in [0.1, 0.15) is 91.8 Å². The molecule has 4 rings (SSSR count). The SMILES string of the molecule is COC1CCC(C2CCC(C3CCC(C4CCC(C)CC4)CC3)C(F)C2F)CC1F.O.O.O.[HH]. The molecule has 0 aromatic carbocycles. The Hall–Kier alpha value is -0.370. The lowest BCUT2D eigenvalue weighted by Gasteiger charge is -2.45. The van der Waals surface area contributed by atoms with Crippen molar-refractivity contribution in [2.24, 2.45) is 41.4 Å². The van der Waals surface area contributed by atoms with Crippen molar-refractivity contribution in [2.45, 2.75) is 115 Å². The van der Waals surface area contributed by atoms with E-state index < -0.39 is 18.5 Å². The lowest BCUT2D eigenvalue weighted by atomic mass is 9.62. The van der Waals surface area contributed by atoms with Crippen LogP contribution in [0, 0.1) is 41.4 Å². The van der Waals surface area contributed by atoms with E-state index in [1.165, 1.54) is 38.5 Å². The highest BCUT2D eigenvalue weighted by molar-refractivity contribution is 4.97. The number of ether oxygens (including phenoxy) is 1. The van der Waals surface area contributed by atoms with Crippen molar-refractivity contribution in [1.82, 2.24) is 0 Å². The van der Waals surface area contributed by atoms with Crippen molar-refractivity contribution in [1.29, 1.82) is 0 Å². The van der Waals surface area contributed by atoms with Crippen LogP contribution in [0.2, 0.25) is 0 Å². The van der Waals surface area contributed by atoms with Gasteiger partial charge in [0.05, 0.1) is 6.10 Å². The van der Waals surface area contributed by atoms with E-state index in [1.807, 2.05) is 0 Å². The van der Waals surface area contributed by atoms with Crippen LogP contribution < -0.4 is 0 Å². The predicted molar refractivity (Wildman–Crippen MR) is 129 cm³/mol. The first kappa shape index (κ1) is 30.7. The Kier molecular flexibility index (Phi) is 12.7. The largest absolute Gasteiger partial charge is 0.412 e. The molecular weight excluding hydrogens is 433 g/mol. The number of methoxy groups -OCH3 is 1. The second-order valence-corrected chi connectivity index (χ2v) is 11.4. The molecule has 4 fully saturated rings. The van der Waals surface area contributed by atoms with Gasteiger partial charge in [0.25, 0.3) is 0 Å². The van der Waals surface area contributed by atoms with Crippen molar-refractivity contribution in [2.75, 3.05) is 7.11 Å². The van der Waals surface area contributed by atoms with Gasteiger partial charge in [-0.05, 0) is 112 Å². The molecule has 4 aliphatic rings. The van der Waals surface area contributed by atoms with E-state index >= 15 is 8.78 Å². The minimum absolute atomic E-state index is 0. The topological polar surface area (TPSA) is 104 Å². The van der Waals surface area contributed by atoms with Crippen molar-refractivity contribution in [3.63, 3.8) is 0 Å². The summed E-state index contributed by atoms with van der Waals surface area (Å²) in [4.78, 5) is 0. The molecule has 6 N–H and O–H groups in total. The van der Waals surface area contributed by atoms with Gasteiger partial charge in [-0.2, -0.15) is 0 Å². The number of hydrogen-bond donors (Lipinski definition) is 0. The highest BCUT2D eigenvalue weighted by Crippen LogP contribution is 2.49. The standard InChI is InChI=1S/C26H43F3O.3H2O.H2/c1-16-3-5-17(6-4-16)18-7-9-19(10-8-18)21-12-13-22(26(29)25(21)28)20-11-14-24(30-2)23(27)15-20;;;;/h16-26H,3-15H2,1-2H3;3*1H2;1H.